The SMILES string of the molecule is COc1cc(C)c(C)cc1C(OCC(=O)O)C1CC1. The standard InChI is InChI=1S/C15H20O4/c1-9-6-12(13(18-3)7-10(9)2)15(11-4-5-11)19-8-14(16)17/h6-7,11,15H,4-5,8H2,1-3H3,(H,16,17). The molecule has 0 spiro atoms. The van der Waals surface area contributed by atoms with E-state index in [9.17, 15) is 4.79 Å². The Morgan fingerprint density at radius 3 is 2.53 bits per heavy atom. The lowest BCUT2D eigenvalue weighted by molar-refractivity contribution is -0.145. The minimum Gasteiger partial charge on any atom is -0.496 e. The van der Waals surface area contributed by atoms with Gasteiger partial charge in [-0.25, -0.2) is 4.79 Å². The van der Waals surface area contributed by atoms with Gasteiger partial charge < -0.3 is 14.6 Å². The summed E-state index contributed by atoms with van der Waals surface area (Å²) in [6, 6.07) is 4.04. The van der Waals surface area contributed by atoms with E-state index in [1.807, 2.05) is 19.9 Å². The molecule has 1 aromatic rings. The first kappa shape index (κ1) is 13.9. The smallest absolute Gasteiger partial charge is 0.329 e. The maximum Gasteiger partial charge on any atom is 0.329 e. The van der Waals surface area contributed by atoms with Crippen molar-refractivity contribution in [2.24, 2.45) is 5.92 Å². The lowest BCUT2D eigenvalue weighted by atomic mass is 9.98. The normalized spacial score (nSPS) is 16.2. The van der Waals surface area contributed by atoms with Crippen molar-refractivity contribution in [2.75, 3.05) is 13.7 Å². The molecular formula is C15H20O4. The lowest BCUT2D eigenvalue weighted by Crippen LogP contribution is -2.14. The predicted octanol–water partition coefficient (Wildman–Crippen LogP) is 2.86. The third-order valence-electron chi connectivity index (χ3n) is 3.59. The Balaban J connectivity index is 2.29. The minimum absolute atomic E-state index is 0.176. The van der Waals surface area contributed by atoms with Gasteiger partial charge in [-0.05, 0) is 55.9 Å². The van der Waals surface area contributed by atoms with Crippen molar-refractivity contribution in [3.63, 3.8) is 0 Å². The average molecular weight is 264 g/mol. The highest BCUT2D eigenvalue weighted by Crippen LogP contribution is 2.46. The number of benzene rings is 1. The van der Waals surface area contributed by atoms with Gasteiger partial charge in [-0.2, -0.15) is 0 Å². The fourth-order valence-corrected chi connectivity index (χ4v) is 2.25. The van der Waals surface area contributed by atoms with Crippen LogP contribution in [0.5, 0.6) is 5.75 Å². The molecule has 4 heteroatoms. The first-order valence-electron chi connectivity index (χ1n) is 6.51. The van der Waals surface area contributed by atoms with Gasteiger partial charge in [0.2, 0.25) is 0 Å². The van der Waals surface area contributed by atoms with Crippen LogP contribution in [0.3, 0.4) is 0 Å². The van der Waals surface area contributed by atoms with Crippen LogP contribution in [0.1, 0.15) is 35.6 Å². The van der Waals surface area contributed by atoms with Crippen molar-refractivity contribution in [2.45, 2.75) is 32.8 Å². The van der Waals surface area contributed by atoms with Crippen molar-refractivity contribution < 1.29 is 19.4 Å². The van der Waals surface area contributed by atoms with Gasteiger partial charge in [0.1, 0.15) is 12.4 Å². The average Bonchev–Trinajstić information content (AvgIpc) is 3.17. The number of carboxylic acids is 1. The highest BCUT2D eigenvalue weighted by atomic mass is 16.5. The Labute approximate surface area is 113 Å². The van der Waals surface area contributed by atoms with Gasteiger partial charge >= 0.3 is 5.97 Å². The van der Waals surface area contributed by atoms with Gasteiger partial charge in [-0.1, -0.05) is 0 Å². The van der Waals surface area contributed by atoms with E-state index >= 15 is 0 Å². The van der Waals surface area contributed by atoms with Crippen molar-refractivity contribution in [1.29, 1.82) is 0 Å². The van der Waals surface area contributed by atoms with E-state index in [2.05, 4.69) is 6.07 Å². The number of carboxylic acid groups (broad SMARTS) is 1. The number of ether oxygens (including phenoxy) is 2. The van der Waals surface area contributed by atoms with Crippen LogP contribution in [-0.2, 0) is 9.53 Å². The summed E-state index contributed by atoms with van der Waals surface area (Å²) in [7, 11) is 1.63. The molecule has 0 aromatic heterocycles. The maximum atomic E-state index is 10.7. The summed E-state index contributed by atoms with van der Waals surface area (Å²) in [6.07, 6.45) is 1.99. The van der Waals surface area contributed by atoms with E-state index in [0.717, 1.165) is 29.7 Å². The molecule has 104 valence electrons. The molecule has 1 N–H and O–H groups in total. The van der Waals surface area contributed by atoms with E-state index in [1.165, 1.54) is 5.56 Å². The molecule has 1 fully saturated rings. The molecule has 1 aromatic carbocycles. The molecule has 1 aliphatic rings. The van der Waals surface area contributed by atoms with Crippen LogP contribution >= 0.6 is 0 Å². The fourth-order valence-electron chi connectivity index (χ4n) is 2.25. The Hall–Kier alpha value is -1.55. The van der Waals surface area contributed by atoms with E-state index < -0.39 is 5.97 Å². The number of rotatable bonds is 6. The summed E-state index contributed by atoms with van der Waals surface area (Å²) >= 11 is 0. The first-order chi connectivity index (χ1) is 9.02. The predicted molar refractivity (Wildman–Crippen MR) is 71.5 cm³/mol. The molecule has 0 radical (unpaired) electrons. The summed E-state index contributed by atoms with van der Waals surface area (Å²) in [5.74, 6) is 0.259. The van der Waals surface area contributed by atoms with Crippen LogP contribution in [0.4, 0.5) is 0 Å². The lowest BCUT2D eigenvalue weighted by Gasteiger charge is -2.21. The number of hydrogen-bond donors (Lipinski definition) is 1. The molecular weight excluding hydrogens is 244 g/mol. The Bertz CT molecular complexity index is 477. The van der Waals surface area contributed by atoms with Gasteiger partial charge in [0.15, 0.2) is 0 Å². The Morgan fingerprint density at radius 2 is 2.00 bits per heavy atom. The van der Waals surface area contributed by atoms with Crippen LogP contribution in [0.15, 0.2) is 12.1 Å². The summed E-state index contributed by atoms with van der Waals surface area (Å²) in [5, 5.41) is 8.78. The van der Waals surface area contributed by atoms with E-state index in [4.69, 9.17) is 14.6 Å². The zero-order chi connectivity index (χ0) is 14.0. The van der Waals surface area contributed by atoms with Crippen LogP contribution < -0.4 is 4.74 Å². The summed E-state index contributed by atoms with van der Waals surface area (Å²) < 4.78 is 11.0. The molecule has 0 heterocycles. The van der Waals surface area contributed by atoms with Gasteiger partial charge in [0.05, 0.1) is 13.2 Å². The van der Waals surface area contributed by atoms with E-state index in [0.29, 0.717) is 5.92 Å². The Morgan fingerprint density at radius 1 is 1.37 bits per heavy atom. The molecule has 0 amide bonds. The second kappa shape index (κ2) is 5.61. The number of aryl methyl sites for hydroxylation is 2. The van der Waals surface area contributed by atoms with Crippen molar-refractivity contribution in [3.8, 4) is 5.75 Å². The summed E-state index contributed by atoms with van der Waals surface area (Å²) in [6.45, 7) is 3.81. The zero-order valence-corrected chi connectivity index (χ0v) is 11.6. The maximum absolute atomic E-state index is 10.7. The second-order valence-corrected chi connectivity index (χ2v) is 5.14. The Kier molecular flexibility index (Phi) is 4.10. The first-order valence-corrected chi connectivity index (χ1v) is 6.51. The monoisotopic (exact) mass is 264 g/mol. The molecule has 4 nitrogen and oxygen atoms in total. The summed E-state index contributed by atoms with van der Waals surface area (Å²) in [4.78, 5) is 10.7. The minimum atomic E-state index is -0.937. The zero-order valence-electron chi connectivity index (χ0n) is 11.6. The summed E-state index contributed by atoms with van der Waals surface area (Å²) in [5.41, 5.74) is 3.29. The van der Waals surface area contributed by atoms with Gasteiger partial charge in [-0.3, -0.25) is 0 Å². The van der Waals surface area contributed by atoms with Crippen molar-refractivity contribution in [1.82, 2.24) is 0 Å². The molecule has 19 heavy (non-hydrogen) atoms. The van der Waals surface area contributed by atoms with Crippen LogP contribution in [-0.4, -0.2) is 24.8 Å². The molecule has 0 aliphatic heterocycles. The third-order valence-corrected chi connectivity index (χ3v) is 3.59. The van der Waals surface area contributed by atoms with Gasteiger partial charge in [0.25, 0.3) is 0 Å². The largest absolute Gasteiger partial charge is 0.496 e. The molecule has 1 saturated carbocycles. The quantitative estimate of drug-likeness (QED) is 0.858. The second-order valence-electron chi connectivity index (χ2n) is 5.14. The molecule has 0 bridgehead atoms. The van der Waals surface area contributed by atoms with Gasteiger partial charge in [0, 0.05) is 5.56 Å². The highest BCUT2D eigenvalue weighted by molar-refractivity contribution is 5.68. The third kappa shape index (κ3) is 3.26. The van der Waals surface area contributed by atoms with Crippen LogP contribution in [0, 0.1) is 19.8 Å². The number of methoxy groups -OCH3 is 1. The number of carbonyl (C=O) groups is 1. The molecule has 2 rings (SSSR count). The van der Waals surface area contributed by atoms with Crippen molar-refractivity contribution in [3.05, 3.63) is 28.8 Å². The highest BCUT2D eigenvalue weighted by Gasteiger charge is 2.35. The van der Waals surface area contributed by atoms with Crippen LogP contribution in [0.25, 0.3) is 0 Å². The molecule has 1 atom stereocenters. The van der Waals surface area contributed by atoms with Crippen LogP contribution in [0.2, 0.25) is 0 Å². The van der Waals surface area contributed by atoms with E-state index in [-0.39, 0.29) is 12.7 Å². The number of hydrogen-bond acceptors (Lipinski definition) is 3. The molecule has 0 saturated heterocycles. The fraction of sp³-hybridized carbons (Fsp3) is 0.533. The van der Waals surface area contributed by atoms with Gasteiger partial charge in [-0.15, -0.1) is 0 Å². The topological polar surface area (TPSA) is 55.8 Å². The molecule has 1 aliphatic carbocycles. The molecule has 1 unspecified atom stereocenters. The number of aliphatic carboxylic acids is 1. The van der Waals surface area contributed by atoms with Crippen molar-refractivity contribution >= 4 is 5.97 Å². The van der Waals surface area contributed by atoms with E-state index in [1.54, 1.807) is 7.11 Å².